The second-order valence-corrected chi connectivity index (χ2v) is 3.60. The van der Waals surface area contributed by atoms with Crippen LogP contribution in [0.3, 0.4) is 0 Å². The molecule has 0 spiro atoms. The molecule has 2 rings (SSSR count). The molecule has 0 saturated heterocycles. The van der Waals surface area contributed by atoms with Crippen molar-refractivity contribution >= 4 is 5.69 Å². The van der Waals surface area contributed by atoms with E-state index in [4.69, 9.17) is 0 Å². The van der Waals surface area contributed by atoms with Crippen LogP contribution in [0.5, 0.6) is 0 Å². The SMILES string of the molecule is C=CC1=C(/C=C\C)Nc2ccccc2C1. The Balaban J connectivity index is 2.41. The maximum absolute atomic E-state index is 3.86. The van der Waals surface area contributed by atoms with Gasteiger partial charge in [0.15, 0.2) is 0 Å². The summed E-state index contributed by atoms with van der Waals surface area (Å²) in [5.41, 5.74) is 4.95. The third-order valence-corrected chi connectivity index (χ3v) is 2.59. The number of hydrogen-bond acceptors (Lipinski definition) is 1. The van der Waals surface area contributed by atoms with Crippen LogP contribution in [0.2, 0.25) is 0 Å². The summed E-state index contributed by atoms with van der Waals surface area (Å²) in [7, 11) is 0. The number of benzene rings is 1. The molecule has 0 atom stereocenters. The van der Waals surface area contributed by atoms with Gasteiger partial charge in [0, 0.05) is 17.8 Å². The second-order valence-electron chi connectivity index (χ2n) is 3.60. The first kappa shape index (κ1) is 9.78. The van der Waals surface area contributed by atoms with E-state index in [1.165, 1.54) is 16.8 Å². The molecule has 1 aromatic carbocycles. The lowest BCUT2D eigenvalue weighted by Crippen LogP contribution is -2.10. The molecule has 1 aliphatic rings. The number of nitrogens with one attached hydrogen (secondary N) is 1. The fourth-order valence-corrected chi connectivity index (χ4v) is 1.82. The highest BCUT2D eigenvalue weighted by Gasteiger charge is 2.12. The van der Waals surface area contributed by atoms with E-state index >= 15 is 0 Å². The minimum absolute atomic E-state index is 0.965. The van der Waals surface area contributed by atoms with Gasteiger partial charge in [0.1, 0.15) is 0 Å². The minimum atomic E-state index is 0.965. The van der Waals surface area contributed by atoms with Crippen LogP contribution in [0.25, 0.3) is 0 Å². The van der Waals surface area contributed by atoms with Gasteiger partial charge in [0.2, 0.25) is 0 Å². The van der Waals surface area contributed by atoms with Crippen molar-refractivity contribution in [2.75, 3.05) is 5.32 Å². The lowest BCUT2D eigenvalue weighted by molar-refractivity contribution is 1.12. The molecule has 76 valence electrons. The van der Waals surface area contributed by atoms with Crippen LogP contribution in [0, 0.1) is 0 Å². The average molecular weight is 197 g/mol. The molecule has 0 radical (unpaired) electrons. The van der Waals surface area contributed by atoms with Crippen LogP contribution in [0.4, 0.5) is 5.69 Å². The van der Waals surface area contributed by atoms with Crippen LogP contribution < -0.4 is 5.32 Å². The monoisotopic (exact) mass is 197 g/mol. The van der Waals surface area contributed by atoms with Gasteiger partial charge in [0.25, 0.3) is 0 Å². The van der Waals surface area contributed by atoms with Crippen LogP contribution in [-0.2, 0) is 6.42 Å². The Morgan fingerprint density at radius 3 is 2.87 bits per heavy atom. The maximum Gasteiger partial charge on any atom is 0.0420 e. The van der Waals surface area contributed by atoms with E-state index in [9.17, 15) is 0 Å². The predicted molar refractivity (Wildman–Crippen MR) is 65.8 cm³/mol. The highest BCUT2D eigenvalue weighted by molar-refractivity contribution is 5.63. The van der Waals surface area contributed by atoms with Crippen LogP contribution in [-0.4, -0.2) is 0 Å². The second kappa shape index (κ2) is 4.18. The van der Waals surface area contributed by atoms with Gasteiger partial charge in [-0.15, -0.1) is 0 Å². The van der Waals surface area contributed by atoms with Crippen LogP contribution in [0.1, 0.15) is 12.5 Å². The molecule has 1 nitrogen and oxygen atoms in total. The smallest absolute Gasteiger partial charge is 0.0420 e. The first-order valence-corrected chi connectivity index (χ1v) is 5.18. The normalized spacial score (nSPS) is 15.0. The summed E-state index contributed by atoms with van der Waals surface area (Å²) in [6, 6.07) is 8.39. The van der Waals surface area contributed by atoms with Crippen molar-refractivity contribution in [2.45, 2.75) is 13.3 Å². The third-order valence-electron chi connectivity index (χ3n) is 2.59. The maximum atomic E-state index is 3.86. The zero-order valence-corrected chi connectivity index (χ0v) is 8.96. The van der Waals surface area contributed by atoms with Crippen molar-refractivity contribution in [3.8, 4) is 0 Å². The van der Waals surface area contributed by atoms with Crippen LogP contribution >= 0.6 is 0 Å². The average Bonchev–Trinajstić information content (AvgIpc) is 2.28. The highest BCUT2D eigenvalue weighted by atomic mass is 14.9. The molecule has 1 N–H and O–H groups in total. The molecule has 0 unspecified atom stereocenters. The van der Waals surface area contributed by atoms with E-state index in [1.807, 2.05) is 19.1 Å². The van der Waals surface area contributed by atoms with E-state index in [0.29, 0.717) is 0 Å². The zero-order chi connectivity index (χ0) is 10.7. The minimum Gasteiger partial charge on any atom is -0.355 e. The number of anilines is 1. The van der Waals surface area contributed by atoms with Gasteiger partial charge in [-0.3, -0.25) is 0 Å². The summed E-state index contributed by atoms with van der Waals surface area (Å²) < 4.78 is 0. The Labute approximate surface area is 90.8 Å². The molecular weight excluding hydrogens is 182 g/mol. The highest BCUT2D eigenvalue weighted by Crippen LogP contribution is 2.28. The molecule has 0 aromatic heterocycles. The number of fused-ring (bicyclic) bond motifs is 1. The summed E-state index contributed by atoms with van der Waals surface area (Å²) in [5.74, 6) is 0. The molecular formula is C14H15N. The summed E-state index contributed by atoms with van der Waals surface area (Å²) in [6.07, 6.45) is 7.03. The lowest BCUT2D eigenvalue weighted by atomic mass is 9.97. The van der Waals surface area contributed by atoms with Gasteiger partial charge in [-0.05, 0) is 30.2 Å². The Kier molecular flexibility index (Phi) is 2.72. The number of para-hydroxylation sites is 1. The molecule has 1 heteroatoms. The molecule has 1 aliphatic heterocycles. The number of hydrogen-bond donors (Lipinski definition) is 1. The Morgan fingerprint density at radius 1 is 1.33 bits per heavy atom. The topological polar surface area (TPSA) is 12.0 Å². The quantitative estimate of drug-likeness (QED) is 0.762. The molecule has 0 fully saturated rings. The Hall–Kier alpha value is -1.76. The standard InChI is InChI=1S/C14H15N/c1-3-7-13-11(4-2)10-12-8-5-6-9-14(12)15-13/h3-9,15H,2,10H2,1H3/b7-3-. The lowest BCUT2D eigenvalue weighted by Gasteiger charge is -2.21. The van der Waals surface area contributed by atoms with E-state index in [0.717, 1.165) is 12.1 Å². The van der Waals surface area contributed by atoms with Crippen LogP contribution in [0.15, 0.2) is 60.3 Å². The van der Waals surface area contributed by atoms with Gasteiger partial charge >= 0.3 is 0 Å². The summed E-state index contributed by atoms with van der Waals surface area (Å²) in [6.45, 7) is 5.88. The number of allylic oxidation sites excluding steroid dienone is 4. The first-order valence-electron chi connectivity index (χ1n) is 5.18. The molecule has 15 heavy (non-hydrogen) atoms. The van der Waals surface area contributed by atoms with Gasteiger partial charge in [0.05, 0.1) is 0 Å². The van der Waals surface area contributed by atoms with E-state index < -0.39 is 0 Å². The molecule has 0 aliphatic carbocycles. The Morgan fingerprint density at radius 2 is 2.13 bits per heavy atom. The summed E-state index contributed by atoms with van der Waals surface area (Å²) in [5, 5.41) is 3.42. The Bertz CT molecular complexity index is 438. The summed E-state index contributed by atoms with van der Waals surface area (Å²) in [4.78, 5) is 0. The van der Waals surface area contributed by atoms with E-state index in [1.54, 1.807) is 0 Å². The zero-order valence-electron chi connectivity index (χ0n) is 8.96. The van der Waals surface area contributed by atoms with Gasteiger partial charge in [-0.2, -0.15) is 0 Å². The molecule has 1 heterocycles. The number of rotatable bonds is 2. The van der Waals surface area contributed by atoms with Crippen molar-refractivity contribution in [3.63, 3.8) is 0 Å². The van der Waals surface area contributed by atoms with E-state index in [-0.39, 0.29) is 0 Å². The van der Waals surface area contributed by atoms with Gasteiger partial charge in [-0.25, -0.2) is 0 Å². The molecule has 0 saturated carbocycles. The first-order chi connectivity index (χ1) is 7.35. The van der Waals surface area contributed by atoms with E-state index in [2.05, 4.69) is 42.2 Å². The summed E-state index contributed by atoms with van der Waals surface area (Å²) >= 11 is 0. The third kappa shape index (κ3) is 1.86. The van der Waals surface area contributed by atoms with Gasteiger partial charge in [-0.1, -0.05) is 36.9 Å². The van der Waals surface area contributed by atoms with Crippen molar-refractivity contribution in [3.05, 3.63) is 65.9 Å². The molecule has 0 amide bonds. The van der Waals surface area contributed by atoms with Crippen molar-refractivity contribution in [1.29, 1.82) is 0 Å². The van der Waals surface area contributed by atoms with Gasteiger partial charge < -0.3 is 5.32 Å². The van der Waals surface area contributed by atoms with Crippen molar-refractivity contribution < 1.29 is 0 Å². The van der Waals surface area contributed by atoms with Crippen molar-refractivity contribution in [2.24, 2.45) is 0 Å². The predicted octanol–water partition coefficient (Wildman–Crippen LogP) is 3.67. The van der Waals surface area contributed by atoms with Crippen molar-refractivity contribution in [1.82, 2.24) is 0 Å². The molecule has 1 aromatic rings. The fourth-order valence-electron chi connectivity index (χ4n) is 1.82. The molecule has 0 bridgehead atoms. The fraction of sp³-hybridized carbons (Fsp3) is 0.143. The largest absolute Gasteiger partial charge is 0.355 e.